The van der Waals surface area contributed by atoms with Crippen molar-refractivity contribution in [3.63, 3.8) is 0 Å². The number of hydrogen-bond acceptors (Lipinski definition) is 6. The molecule has 1 fully saturated rings. The van der Waals surface area contributed by atoms with Gasteiger partial charge in [0.2, 0.25) is 0 Å². The largest absolute Gasteiger partial charge is 0.492 e. The fourth-order valence-corrected chi connectivity index (χ4v) is 6.71. The molecule has 0 bridgehead atoms. The fourth-order valence-electron chi connectivity index (χ4n) is 6.71. The van der Waals surface area contributed by atoms with Crippen LogP contribution in [0.1, 0.15) is 71.1 Å². The van der Waals surface area contributed by atoms with Crippen molar-refractivity contribution in [3.05, 3.63) is 75.6 Å². The van der Waals surface area contributed by atoms with Crippen molar-refractivity contribution in [2.75, 3.05) is 26.4 Å². The molecule has 2 N–H and O–H groups in total. The minimum Gasteiger partial charge on any atom is -0.492 e. The molecule has 0 unspecified atom stereocenters. The highest BCUT2D eigenvalue weighted by molar-refractivity contribution is 5.77. The smallest absolute Gasteiger partial charge is 0.419 e. The summed E-state index contributed by atoms with van der Waals surface area (Å²) in [5.74, 6) is -1.40. The van der Waals surface area contributed by atoms with Gasteiger partial charge in [0, 0.05) is 49.2 Å². The van der Waals surface area contributed by atoms with Gasteiger partial charge in [-0.25, -0.2) is 4.39 Å². The lowest BCUT2D eigenvalue weighted by atomic mass is 9.88. The first-order valence-electron chi connectivity index (χ1n) is 14.9. The van der Waals surface area contributed by atoms with Gasteiger partial charge in [-0.1, -0.05) is 6.07 Å². The van der Waals surface area contributed by atoms with E-state index in [4.69, 9.17) is 24.1 Å². The maximum atomic E-state index is 15.8. The Morgan fingerprint density at radius 3 is 2.44 bits per heavy atom. The summed E-state index contributed by atoms with van der Waals surface area (Å²) in [7, 11) is 0. The first-order chi connectivity index (χ1) is 21.3. The van der Waals surface area contributed by atoms with Crippen LogP contribution in [0.15, 0.2) is 36.4 Å². The van der Waals surface area contributed by atoms with Gasteiger partial charge in [-0.3, -0.25) is 4.79 Å². The topological polar surface area (TPSA) is 94.5 Å². The highest BCUT2D eigenvalue weighted by Gasteiger charge is 2.41. The molecule has 3 aromatic carbocycles. The van der Waals surface area contributed by atoms with Gasteiger partial charge < -0.3 is 29.2 Å². The molecule has 7 nitrogen and oxygen atoms in total. The lowest BCUT2D eigenvalue weighted by Gasteiger charge is -2.31. The second-order valence-corrected chi connectivity index (χ2v) is 12.2. The Labute approximate surface area is 257 Å². The summed E-state index contributed by atoms with van der Waals surface area (Å²) in [5.41, 5.74) is 0.841. The summed E-state index contributed by atoms with van der Waals surface area (Å²) < 4.78 is 81.4. The van der Waals surface area contributed by atoms with Crippen molar-refractivity contribution >= 4 is 5.97 Å². The van der Waals surface area contributed by atoms with E-state index in [9.17, 15) is 23.1 Å². The van der Waals surface area contributed by atoms with Crippen molar-refractivity contribution in [1.82, 2.24) is 0 Å². The molecular formula is C34H34F4O7. The summed E-state index contributed by atoms with van der Waals surface area (Å²) in [4.78, 5) is 11.2. The Morgan fingerprint density at radius 2 is 1.78 bits per heavy atom. The molecule has 45 heavy (non-hydrogen) atoms. The number of carboxylic acid groups (broad SMARTS) is 1. The quantitative estimate of drug-likeness (QED) is 0.257. The molecule has 1 saturated heterocycles. The van der Waals surface area contributed by atoms with E-state index in [-0.39, 0.29) is 37.5 Å². The number of halogens is 4. The Hall–Kier alpha value is -3.83. The van der Waals surface area contributed by atoms with Gasteiger partial charge in [0.05, 0.1) is 18.6 Å². The number of aryl methyl sites for hydroxylation is 2. The van der Waals surface area contributed by atoms with Crippen LogP contribution in [0.25, 0.3) is 11.1 Å². The van der Waals surface area contributed by atoms with Gasteiger partial charge >= 0.3 is 12.1 Å². The molecule has 0 radical (unpaired) electrons. The lowest BCUT2D eigenvalue weighted by molar-refractivity contribution is -0.140. The molecule has 0 amide bonds. The number of carbonyl (C=O) groups is 1. The van der Waals surface area contributed by atoms with Crippen LogP contribution in [-0.4, -0.2) is 48.2 Å². The van der Waals surface area contributed by atoms with Crippen molar-refractivity contribution in [3.8, 4) is 28.4 Å². The molecule has 3 aromatic rings. The Morgan fingerprint density at radius 1 is 1.07 bits per heavy atom. The van der Waals surface area contributed by atoms with E-state index in [0.717, 1.165) is 6.07 Å². The molecule has 0 aromatic heterocycles. The minimum absolute atomic E-state index is 0.0612. The van der Waals surface area contributed by atoms with E-state index in [2.05, 4.69) is 0 Å². The van der Waals surface area contributed by atoms with Crippen molar-refractivity contribution in [2.24, 2.45) is 0 Å². The fraction of sp³-hybridized carbons (Fsp3) is 0.441. The number of carboxylic acids is 1. The van der Waals surface area contributed by atoms with Gasteiger partial charge in [-0.05, 0) is 78.8 Å². The second kappa shape index (κ2) is 11.8. The first kappa shape index (κ1) is 31.2. The molecule has 240 valence electrons. The zero-order valence-electron chi connectivity index (χ0n) is 24.9. The predicted octanol–water partition coefficient (Wildman–Crippen LogP) is 7.07. The van der Waals surface area contributed by atoms with E-state index in [0.29, 0.717) is 83.1 Å². The van der Waals surface area contributed by atoms with Crippen LogP contribution in [0.4, 0.5) is 17.6 Å². The third kappa shape index (κ3) is 6.20. The Balaban J connectivity index is 1.33. The van der Waals surface area contributed by atoms with Crippen molar-refractivity contribution in [1.29, 1.82) is 0 Å². The summed E-state index contributed by atoms with van der Waals surface area (Å²) in [6, 6.07) is 9.20. The third-order valence-electron chi connectivity index (χ3n) is 8.97. The average molecular weight is 631 g/mol. The van der Waals surface area contributed by atoms with Crippen LogP contribution in [0, 0.1) is 19.7 Å². The van der Waals surface area contributed by atoms with E-state index < -0.39 is 35.2 Å². The van der Waals surface area contributed by atoms with Gasteiger partial charge in [0.25, 0.3) is 0 Å². The van der Waals surface area contributed by atoms with Crippen LogP contribution in [-0.2, 0) is 22.1 Å². The van der Waals surface area contributed by atoms with Crippen molar-refractivity contribution in [2.45, 2.75) is 69.8 Å². The summed E-state index contributed by atoms with van der Waals surface area (Å²) in [6.07, 6.45) is -4.55. The summed E-state index contributed by atoms with van der Waals surface area (Å²) in [6.45, 7) is 4.67. The van der Waals surface area contributed by atoms with Crippen LogP contribution >= 0.6 is 0 Å². The average Bonchev–Trinajstić information content (AvgIpc) is 3.56. The molecule has 3 aliphatic rings. The number of aliphatic carboxylic acids is 1. The van der Waals surface area contributed by atoms with Gasteiger partial charge in [0.15, 0.2) is 0 Å². The number of hydrogen-bond donors (Lipinski definition) is 2. The van der Waals surface area contributed by atoms with Gasteiger partial charge in [-0.2, -0.15) is 13.2 Å². The number of benzene rings is 3. The SMILES string of the molecule is Cc1cc(OCC2(O)CCOCC2)cc(C)c1-c1cc(C(F)(F)F)c(F)c2c1CC[C@H]2Oc1ccc2c(c1)OC[C@H]2CC(=O)O. The molecule has 2 heterocycles. The molecule has 2 atom stereocenters. The zero-order chi connectivity index (χ0) is 32.1. The minimum atomic E-state index is -4.94. The van der Waals surface area contributed by atoms with Crippen LogP contribution in [0.2, 0.25) is 0 Å². The first-order valence-corrected chi connectivity index (χ1v) is 14.9. The summed E-state index contributed by atoms with van der Waals surface area (Å²) >= 11 is 0. The van der Waals surface area contributed by atoms with Crippen molar-refractivity contribution < 1.29 is 51.5 Å². The van der Waals surface area contributed by atoms with Gasteiger partial charge in [-0.15, -0.1) is 0 Å². The molecule has 11 heteroatoms. The highest BCUT2D eigenvalue weighted by Crippen LogP contribution is 2.48. The molecule has 0 spiro atoms. The second-order valence-electron chi connectivity index (χ2n) is 12.2. The lowest BCUT2D eigenvalue weighted by Crippen LogP contribution is -2.41. The van der Waals surface area contributed by atoms with Crippen LogP contribution < -0.4 is 14.2 Å². The number of aliphatic hydroxyl groups is 1. The predicted molar refractivity (Wildman–Crippen MR) is 155 cm³/mol. The van der Waals surface area contributed by atoms with E-state index in [1.807, 2.05) is 0 Å². The normalized spacial score (nSPS) is 20.3. The maximum Gasteiger partial charge on any atom is 0.419 e. The van der Waals surface area contributed by atoms with E-state index in [1.54, 1.807) is 44.2 Å². The van der Waals surface area contributed by atoms with E-state index >= 15 is 4.39 Å². The van der Waals surface area contributed by atoms with Crippen LogP contribution in [0.5, 0.6) is 17.2 Å². The van der Waals surface area contributed by atoms with Gasteiger partial charge in [0.1, 0.15) is 41.4 Å². The monoisotopic (exact) mass is 630 g/mol. The number of alkyl halides is 3. The summed E-state index contributed by atoms with van der Waals surface area (Å²) in [5, 5.41) is 19.9. The molecule has 2 aliphatic heterocycles. The molecule has 0 saturated carbocycles. The molecule has 6 rings (SSSR count). The highest BCUT2D eigenvalue weighted by atomic mass is 19.4. The molecule has 1 aliphatic carbocycles. The number of fused-ring (bicyclic) bond motifs is 2. The maximum absolute atomic E-state index is 15.8. The Kier molecular flexibility index (Phi) is 8.19. The number of rotatable bonds is 8. The number of ether oxygens (including phenoxy) is 4. The molecular weight excluding hydrogens is 596 g/mol. The third-order valence-corrected chi connectivity index (χ3v) is 8.97. The standard InChI is InChI=1S/C34H34F4O7/c1-18-11-22(44-17-33(41)7-9-42-10-8-33)12-19(2)30(18)25-15-26(34(36,37)38)32(35)31-24(25)5-6-27(31)45-21-3-4-23-20(13-29(39)40)16-43-28(23)14-21/h3-4,11-12,14-15,20,27,41H,5-10,13,16-17H2,1-2H3,(H,39,40)/t20-,27-/m1/s1. The van der Waals surface area contributed by atoms with E-state index in [1.165, 1.54) is 0 Å². The Bertz CT molecular complexity index is 1600. The van der Waals surface area contributed by atoms with Crippen LogP contribution in [0.3, 0.4) is 0 Å². The zero-order valence-corrected chi connectivity index (χ0v) is 24.9.